The Morgan fingerprint density at radius 3 is 1.41 bits per heavy atom. The molecular weight excluding hydrogens is 655 g/mol. The summed E-state index contributed by atoms with van der Waals surface area (Å²) in [6, 6.07) is 37.5. The number of rotatable bonds is 4. The molecule has 0 aliphatic heterocycles. The van der Waals surface area contributed by atoms with Crippen LogP contribution in [0.5, 0.6) is 0 Å². The van der Waals surface area contributed by atoms with Crippen LogP contribution in [0.1, 0.15) is 92.4 Å². The van der Waals surface area contributed by atoms with E-state index in [1.807, 2.05) is 0 Å². The Bertz CT molecular complexity index is 1640. The molecule has 2 aliphatic carbocycles. The molecule has 44 heavy (non-hydrogen) atoms. The quantitative estimate of drug-likeness (QED) is 0.290. The minimum Gasteiger partial charge on any atom is -1.00 e. The maximum Gasteiger partial charge on any atom is -1.00 e. The molecule has 0 heterocycles. The van der Waals surface area contributed by atoms with Gasteiger partial charge in [0.15, 0.2) is 0 Å². The first kappa shape index (κ1) is 34.6. The van der Waals surface area contributed by atoms with E-state index in [1.165, 1.54) is 39.0 Å². The zero-order valence-electron chi connectivity index (χ0n) is 27.3. The van der Waals surface area contributed by atoms with Crippen molar-refractivity contribution < 1.29 is 46.1 Å². The number of hydrogen-bond donors (Lipinski definition) is 0. The molecule has 0 saturated heterocycles. The molecule has 0 nitrogen and oxygen atoms in total. The number of halogens is 2. The van der Waals surface area contributed by atoms with Crippen molar-refractivity contribution in [2.75, 3.05) is 0 Å². The van der Waals surface area contributed by atoms with Crippen LogP contribution in [0.3, 0.4) is 0 Å². The molecule has 4 aromatic rings. The minimum absolute atomic E-state index is 0. The Morgan fingerprint density at radius 1 is 0.614 bits per heavy atom. The van der Waals surface area contributed by atoms with E-state index in [9.17, 15) is 0 Å². The van der Waals surface area contributed by atoms with E-state index < -0.39 is 21.3 Å². The number of benzene rings is 4. The molecule has 0 fully saturated rings. The molecule has 6 rings (SSSR count). The van der Waals surface area contributed by atoms with Crippen molar-refractivity contribution in [3.8, 4) is 11.1 Å². The topological polar surface area (TPSA) is 0 Å². The van der Waals surface area contributed by atoms with Gasteiger partial charge < -0.3 is 24.8 Å². The van der Waals surface area contributed by atoms with Crippen molar-refractivity contribution in [2.45, 2.75) is 69.8 Å². The molecule has 1 unspecified atom stereocenters. The van der Waals surface area contributed by atoms with E-state index in [-0.39, 0.29) is 35.6 Å². The molecule has 0 saturated carbocycles. The van der Waals surface area contributed by atoms with Crippen molar-refractivity contribution in [1.82, 2.24) is 0 Å². The second-order valence-corrected chi connectivity index (χ2v) is 20.3. The molecule has 0 aromatic heterocycles. The summed E-state index contributed by atoms with van der Waals surface area (Å²) in [5, 5.41) is 0. The van der Waals surface area contributed by atoms with Crippen LogP contribution in [0.15, 0.2) is 118 Å². The van der Waals surface area contributed by atoms with Gasteiger partial charge in [-0.2, -0.15) is 0 Å². The molecule has 4 aromatic carbocycles. The third kappa shape index (κ3) is 6.36. The molecule has 0 spiro atoms. The minimum atomic E-state index is -2.78. The van der Waals surface area contributed by atoms with Gasteiger partial charge in [0, 0.05) is 0 Å². The van der Waals surface area contributed by atoms with Crippen LogP contribution in [0.25, 0.3) is 11.1 Å². The fourth-order valence-electron chi connectivity index (χ4n) is 6.92. The maximum absolute atomic E-state index is 2.78. The fraction of sp³-hybridized carbons (Fsp3) is 0.293. The van der Waals surface area contributed by atoms with Gasteiger partial charge in [-0.3, -0.25) is 0 Å². The van der Waals surface area contributed by atoms with Crippen molar-refractivity contribution in [1.29, 1.82) is 0 Å². The Kier molecular flexibility index (Phi) is 10.4. The monoisotopic (exact) mass is 696 g/mol. The summed E-state index contributed by atoms with van der Waals surface area (Å²) in [7, 11) is 0. The number of allylic oxidation sites excluding steroid dienone is 4. The number of hydrogen-bond acceptors (Lipinski definition) is 0. The first-order valence-electron chi connectivity index (χ1n) is 15.5. The van der Waals surface area contributed by atoms with Crippen LogP contribution in [0.4, 0.5) is 0 Å². The largest absolute Gasteiger partial charge is 1.00 e. The molecule has 226 valence electrons. The van der Waals surface area contributed by atoms with E-state index >= 15 is 0 Å². The van der Waals surface area contributed by atoms with Crippen molar-refractivity contribution in [2.24, 2.45) is 5.92 Å². The van der Waals surface area contributed by atoms with Gasteiger partial charge in [-0.25, -0.2) is 0 Å². The normalized spacial score (nSPS) is 15.6. The van der Waals surface area contributed by atoms with Crippen LogP contribution in [-0.2, 0) is 32.1 Å². The van der Waals surface area contributed by atoms with Gasteiger partial charge in [-0.1, -0.05) is 0 Å². The predicted octanol–water partition coefficient (Wildman–Crippen LogP) is 4.73. The Morgan fingerprint density at radius 2 is 1.05 bits per heavy atom. The zero-order chi connectivity index (χ0) is 29.8. The molecule has 2 aliphatic rings. The van der Waals surface area contributed by atoms with E-state index in [0.717, 1.165) is 0 Å². The average Bonchev–Trinajstić information content (AvgIpc) is 3.47. The number of fused-ring (bicyclic) bond motifs is 3. The Hall–Kier alpha value is -2.31. The molecule has 0 amide bonds. The van der Waals surface area contributed by atoms with Gasteiger partial charge in [0.2, 0.25) is 0 Å². The average molecular weight is 699 g/mol. The molecule has 1 atom stereocenters. The van der Waals surface area contributed by atoms with Crippen LogP contribution < -0.4 is 24.8 Å². The summed E-state index contributed by atoms with van der Waals surface area (Å²) < 4.78 is 3.77. The van der Waals surface area contributed by atoms with E-state index in [1.54, 1.807) is 17.6 Å². The van der Waals surface area contributed by atoms with Gasteiger partial charge in [-0.15, -0.1) is 0 Å². The summed E-state index contributed by atoms with van der Waals surface area (Å²) in [5.41, 5.74) is 13.3. The van der Waals surface area contributed by atoms with Crippen molar-refractivity contribution in [3.05, 3.63) is 151 Å². The molecule has 0 radical (unpaired) electrons. The third-order valence-electron chi connectivity index (χ3n) is 9.24. The summed E-state index contributed by atoms with van der Waals surface area (Å²) in [4.78, 5) is 0. The Labute approximate surface area is 285 Å². The van der Waals surface area contributed by atoms with Crippen LogP contribution in [0, 0.1) is 5.92 Å². The Balaban J connectivity index is 0.00000221. The summed E-state index contributed by atoms with van der Waals surface area (Å²) >= 11 is -2.78. The standard InChI is InChI=1S/C21H25.C13H10.C7H9.2ClH.Zr/c1-20(2,3)16-7-9-18-14(12-16)11-15-13-17(21(4,5)6)8-10-19(15)18;1-3-7-12(8-4-1)11-13-9-5-2-6-10-13;1-6-3-4-7(2)5-6;;;/h7-13H,1-6H3;1-10H;3-4,6H,1-2H3;2*1H;/q;;;;;+2/p-2. The van der Waals surface area contributed by atoms with Crippen molar-refractivity contribution in [3.63, 3.8) is 0 Å². The van der Waals surface area contributed by atoms with E-state index in [4.69, 9.17) is 0 Å². The van der Waals surface area contributed by atoms with E-state index in [2.05, 4.69) is 165 Å². The molecular formula is C41H44Cl2Zr. The van der Waals surface area contributed by atoms with Gasteiger partial charge in [0.05, 0.1) is 0 Å². The van der Waals surface area contributed by atoms with Gasteiger partial charge in [0.1, 0.15) is 0 Å². The van der Waals surface area contributed by atoms with Crippen LogP contribution in [0.2, 0.25) is 0 Å². The first-order chi connectivity index (χ1) is 19.9. The van der Waals surface area contributed by atoms with Gasteiger partial charge in [0.25, 0.3) is 0 Å². The second kappa shape index (κ2) is 13.2. The summed E-state index contributed by atoms with van der Waals surface area (Å²) in [6.07, 6.45) is 4.86. The summed E-state index contributed by atoms with van der Waals surface area (Å²) in [6.45, 7) is 18.9. The SMILES string of the molecule is CC1=[C]([Zr+2](=[C](c2ccccc2)c2ccccc2)[CH]2c3cc(C(C)(C)C)ccc3-c3ccc(C(C)(C)C)cc32)C(C)C=C1.[Cl-].[Cl-]. The zero-order valence-corrected chi connectivity index (χ0v) is 31.3. The van der Waals surface area contributed by atoms with Gasteiger partial charge >= 0.3 is 263 Å². The van der Waals surface area contributed by atoms with Gasteiger partial charge in [-0.05, 0) is 0 Å². The second-order valence-electron chi connectivity index (χ2n) is 14.3. The van der Waals surface area contributed by atoms with Crippen molar-refractivity contribution >= 4 is 3.21 Å². The summed E-state index contributed by atoms with van der Waals surface area (Å²) in [5.74, 6) is 0.464. The maximum atomic E-state index is 2.59. The van der Waals surface area contributed by atoms with E-state index in [0.29, 0.717) is 9.54 Å². The molecule has 3 heteroatoms. The third-order valence-corrected chi connectivity index (χ3v) is 18.4. The predicted molar refractivity (Wildman–Crippen MR) is 178 cm³/mol. The molecule has 0 N–H and O–H groups in total. The first-order valence-corrected chi connectivity index (χ1v) is 19.4. The smallest absolute Gasteiger partial charge is 1.00 e. The van der Waals surface area contributed by atoms with Crippen LogP contribution >= 0.6 is 0 Å². The fourth-order valence-corrected chi connectivity index (χ4v) is 16.8. The van der Waals surface area contributed by atoms with Crippen LogP contribution in [-0.4, -0.2) is 3.21 Å². The molecule has 0 bridgehead atoms.